The minimum absolute atomic E-state index is 0.0856. The Morgan fingerprint density at radius 1 is 0.852 bits per heavy atom. The van der Waals surface area contributed by atoms with E-state index in [1.165, 1.54) is 55.6 Å². The molecule has 0 unspecified atom stereocenters. The van der Waals surface area contributed by atoms with Crippen molar-refractivity contribution in [2.24, 2.45) is 5.73 Å². The number of benzene rings is 2. The fourth-order valence-electron chi connectivity index (χ4n) is 3.10. The first-order chi connectivity index (χ1) is 13.1. The van der Waals surface area contributed by atoms with Crippen LogP contribution in [0.25, 0.3) is 10.8 Å². The normalized spacial score (nSPS) is 10.3. The van der Waals surface area contributed by atoms with Crippen molar-refractivity contribution in [3.63, 3.8) is 0 Å². The summed E-state index contributed by atoms with van der Waals surface area (Å²) < 4.78 is 5.79. The summed E-state index contributed by atoms with van der Waals surface area (Å²) >= 11 is 0. The predicted molar refractivity (Wildman–Crippen MR) is 117 cm³/mol. The molecule has 0 fully saturated rings. The van der Waals surface area contributed by atoms with Crippen LogP contribution < -0.4 is 5.73 Å². The van der Waals surface area contributed by atoms with Gasteiger partial charge in [0.05, 0.1) is 33.3 Å². The molecule has 0 aliphatic carbocycles. The van der Waals surface area contributed by atoms with Gasteiger partial charge in [-0.05, 0) is 51.4 Å². The van der Waals surface area contributed by atoms with E-state index in [4.69, 9.17) is 0 Å². The van der Waals surface area contributed by atoms with Crippen LogP contribution >= 0.6 is 0 Å². The van der Waals surface area contributed by atoms with Crippen LogP contribution in [-0.2, 0) is 9.53 Å². The van der Waals surface area contributed by atoms with Gasteiger partial charge in [0.25, 0.3) is 0 Å². The second-order valence-electron chi connectivity index (χ2n) is 6.39. The van der Waals surface area contributed by atoms with Crippen LogP contribution in [0.1, 0.15) is 40.0 Å². The van der Waals surface area contributed by atoms with E-state index in [2.05, 4.69) is 79.8 Å². The molecule has 0 aliphatic rings. The van der Waals surface area contributed by atoms with Crippen LogP contribution in [0.4, 0.5) is 0 Å². The lowest BCUT2D eigenvalue weighted by atomic mass is 10.1. The highest BCUT2D eigenvalue weighted by Gasteiger charge is 2.19. The number of ether oxygens (including phenoxy) is 1. The molecule has 0 heterocycles. The summed E-state index contributed by atoms with van der Waals surface area (Å²) in [5.74, 6) is -0.0856. The first-order valence-corrected chi connectivity index (χ1v) is 10.0. The zero-order valence-electron chi connectivity index (χ0n) is 17.9. The predicted octanol–water partition coefficient (Wildman–Crippen LogP) is 4.62. The Hall–Kier alpha value is -1.91. The van der Waals surface area contributed by atoms with Gasteiger partial charge in [-0.1, -0.05) is 48.5 Å². The van der Waals surface area contributed by atoms with E-state index in [0.29, 0.717) is 6.42 Å². The van der Waals surface area contributed by atoms with E-state index in [9.17, 15) is 4.79 Å². The molecule has 0 aliphatic heterocycles. The molecule has 0 aromatic heterocycles. The zero-order valence-corrected chi connectivity index (χ0v) is 17.9. The summed E-state index contributed by atoms with van der Waals surface area (Å²) in [4.78, 5) is 10.9. The molecule has 0 saturated carbocycles. The third kappa shape index (κ3) is 9.55. The maximum Gasteiger partial charge on any atom is 0.305 e. The molecular weight excluding hydrogens is 336 g/mol. The van der Waals surface area contributed by atoms with Crippen LogP contribution in [0, 0.1) is 0 Å². The molecule has 0 bridgehead atoms. The number of methoxy groups -OCH3 is 1. The Kier molecular flexibility index (Phi) is 14.1. The van der Waals surface area contributed by atoms with Gasteiger partial charge in [0.2, 0.25) is 0 Å². The molecule has 27 heavy (non-hydrogen) atoms. The lowest BCUT2D eigenvalue weighted by molar-refractivity contribution is -0.923. The molecule has 152 valence electrons. The molecule has 2 aromatic rings. The quantitative estimate of drug-likeness (QED) is 0.416. The average Bonchev–Trinajstić information content (AvgIpc) is 2.76. The van der Waals surface area contributed by atoms with Crippen LogP contribution in [0.3, 0.4) is 0 Å². The van der Waals surface area contributed by atoms with Crippen molar-refractivity contribution in [3.8, 4) is 0 Å². The second kappa shape index (κ2) is 15.2. The molecule has 2 rings (SSSR count). The highest BCUT2D eigenvalue weighted by molar-refractivity contribution is 5.82. The molecule has 4 nitrogen and oxygen atoms in total. The Bertz CT molecular complexity index is 551. The topological polar surface area (TPSA) is 52.3 Å². The monoisotopic (exact) mass is 375 g/mol. The molecule has 0 radical (unpaired) electrons. The van der Waals surface area contributed by atoms with Gasteiger partial charge >= 0.3 is 5.97 Å². The number of quaternary nitrogens is 1. The summed E-state index contributed by atoms with van der Waals surface area (Å²) in [7, 11) is 2.95. The molecule has 0 atom stereocenters. The number of hydrogen-bond donors (Lipinski definition) is 1. The number of rotatable bonds is 8. The molecule has 2 N–H and O–H groups in total. The van der Waals surface area contributed by atoms with Crippen molar-refractivity contribution in [1.29, 1.82) is 0 Å². The van der Waals surface area contributed by atoms with Gasteiger partial charge in [0.1, 0.15) is 0 Å². The molecule has 0 amide bonds. The lowest BCUT2D eigenvalue weighted by Crippen LogP contribution is -2.48. The SMILES string of the molecule is CC[N+](CC)(CC)CCCCC(=O)OC.CN.c1ccc2ccccc2c1. The van der Waals surface area contributed by atoms with Crippen molar-refractivity contribution >= 4 is 16.7 Å². The van der Waals surface area contributed by atoms with Crippen LogP contribution in [0.2, 0.25) is 0 Å². The number of nitrogens with zero attached hydrogens (tertiary/aromatic N) is 1. The molecule has 4 heteroatoms. The van der Waals surface area contributed by atoms with E-state index in [1.807, 2.05) is 0 Å². The smallest absolute Gasteiger partial charge is 0.305 e. The van der Waals surface area contributed by atoms with Crippen molar-refractivity contribution < 1.29 is 14.0 Å². The van der Waals surface area contributed by atoms with E-state index in [-0.39, 0.29) is 5.97 Å². The Morgan fingerprint density at radius 3 is 1.59 bits per heavy atom. The fourth-order valence-corrected chi connectivity index (χ4v) is 3.10. The third-order valence-corrected chi connectivity index (χ3v) is 5.16. The first kappa shape index (κ1) is 25.1. The fraction of sp³-hybridized carbons (Fsp3) is 0.522. The largest absolute Gasteiger partial charge is 0.469 e. The number of carbonyl (C=O) groups is 1. The Labute approximate surface area is 165 Å². The average molecular weight is 376 g/mol. The van der Waals surface area contributed by atoms with Gasteiger partial charge in [0.15, 0.2) is 0 Å². The van der Waals surface area contributed by atoms with Crippen molar-refractivity contribution in [3.05, 3.63) is 48.5 Å². The van der Waals surface area contributed by atoms with Gasteiger partial charge in [0, 0.05) is 6.42 Å². The van der Waals surface area contributed by atoms with Gasteiger partial charge < -0.3 is 15.0 Å². The first-order valence-electron chi connectivity index (χ1n) is 10.0. The van der Waals surface area contributed by atoms with E-state index >= 15 is 0 Å². The minimum atomic E-state index is -0.0856. The van der Waals surface area contributed by atoms with Gasteiger partial charge in [-0.25, -0.2) is 0 Å². The van der Waals surface area contributed by atoms with E-state index in [0.717, 1.165) is 12.8 Å². The van der Waals surface area contributed by atoms with E-state index in [1.54, 1.807) is 0 Å². The number of esters is 1. The van der Waals surface area contributed by atoms with Crippen molar-refractivity contribution in [2.45, 2.75) is 40.0 Å². The second-order valence-corrected chi connectivity index (χ2v) is 6.39. The molecular formula is C23H39N2O2+. The highest BCUT2D eigenvalue weighted by Crippen LogP contribution is 2.11. The van der Waals surface area contributed by atoms with Crippen LogP contribution in [0.5, 0.6) is 0 Å². The zero-order chi connectivity index (χ0) is 20.5. The van der Waals surface area contributed by atoms with Crippen LogP contribution in [0.15, 0.2) is 48.5 Å². The highest BCUT2D eigenvalue weighted by atomic mass is 16.5. The number of nitrogens with two attached hydrogens (primary N) is 1. The number of unbranched alkanes of at least 4 members (excludes halogenated alkanes) is 1. The minimum Gasteiger partial charge on any atom is -0.469 e. The lowest BCUT2D eigenvalue weighted by Gasteiger charge is -2.35. The third-order valence-electron chi connectivity index (χ3n) is 5.16. The van der Waals surface area contributed by atoms with Crippen molar-refractivity contribution in [2.75, 3.05) is 40.3 Å². The summed E-state index contributed by atoms with van der Waals surface area (Å²) in [6.07, 6.45) is 2.63. The standard InChI is InChI=1S/C12H26NO2.C10H8.CH5N/c1-5-13(6-2,7-3)11-9-8-10-12(14)15-4;1-2-6-10-8-4-3-7-9(10)5-1;1-2/h5-11H2,1-4H3;1-8H;2H2,1H3/q+1;;. The number of fused-ring (bicyclic) bond motifs is 1. The Morgan fingerprint density at radius 2 is 1.26 bits per heavy atom. The summed E-state index contributed by atoms with van der Waals surface area (Å²) in [6, 6.07) is 16.7. The molecule has 0 spiro atoms. The summed E-state index contributed by atoms with van der Waals surface area (Å²) in [5, 5.41) is 2.62. The maximum absolute atomic E-state index is 10.9. The summed E-state index contributed by atoms with van der Waals surface area (Å²) in [6.45, 7) is 11.5. The molecule has 0 saturated heterocycles. The van der Waals surface area contributed by atoms with Gasteiger partial charge in [-0.2, -0.15) is 0 Å². The number of carbonyl (C=O) groups excluding carboxylic acids is 1. The maximum atomic E-state index is 10.9. The number of hydrogen-bond acceptors (Lipinski definition) is 3. The summed E-state index contributed by atoms with van der Waals surface area (Å²) in [5.41, 5.74) is 4.50. The Balaban J connectivity index is 0.000000482. The van der Waals surface area contributed by atoms with E-state index < -0.39 is 0 Å². The van der Waals surface area contributed by atoms with Crippen molar-refractivity contribution in [1.82, 2.24) is 0 Å². The van der Waals surface area contributed by atoms with Gasteiger partial charge in [-0.3, -0.25) is 4.79 Å². The van der Waals surface area contributed by atoms with Gasteiger partial charge in [-0.15, -0.1) is 0 Å². The molecule has 2 aromatic carbocycles. The van der Waals surface area contributed by atoms with Crippen LogP contribution in [-0.4, -0.2) is 50.8 Å².